The molecule has 3 N–H and O–H groups in total. The highest BCUT2D eigenvalue weighted by Gasteiger charge is 2.46. The van der Waals surface area contributed by atoms with Crippen LogP contribution in [0.15, 0.2) is 60.7 Å². The summed E-state index contributed by atoms with van der Waals surface area (Å²) in [7, 11) is 0. The lowest BCUT2D eigenvalue weighted by atomic mass is 9.71. The number of rotatable bonds is 12. The standard InChI is InChI=1S/C23H26O8/c1-23(18(21(27)28)12-20(25)26,15-30-13-16-8-4-2-5-9-16)19(24)14-31-22(29)17-10-6-3-7-11-17/h2-11,18-19,24H,12-15H2,1H3,(H,25,26)(H,27,28)/t18?,19-,23+/m1/s1. The number of carbonyl (C=O) groups excluding carboxylic acids is 1. The Morgan fingerprint density at radius 2 is 1.55 bits per heavy atom. The molecule has 31 heavy (non-hydrogen) atoms. The van der Waals surface area contributed by atoms with Crippen LogP contribution in [0.1, 0.15) is 29.3 Å². The van der Waals surface area contributed by atoms with Gasteiger partial charge in [0.25, 0.3) is 0 Å². The minimum Gasteiger partial charge on any atom is -0.481 e. The zero-order valence-corrected chi connectivity index (χ0v) is 17.1. The van der Waals surface area contributed by atoms with Gasteiger partial charge in [0.1, 0.15) is 6.61 Å². The number of aliphatic hydroxyl groups is 1. The molecule has 2 aromatic carbocycles. The molecule has 0 spiro atoms. The summed E-state index contributed by atoms with van der Waals surface area (Å²) < 4.78 is 10.8. The van der Waals surface area contributed by atoms with E-state index in [9.17, 15) is 29.7 Å². The normalized spacial score (nSPS) is 14.8. The number of carbonyl (C=O) groups is 3. The van der Waals surface area contributed by atoms with E-state index in [1.165, 1.54) is 6.92 Å². The molecule has 3 atom stereocenters. The van der Waals surface area contributed by atoms with Crippen molar-refractivity contribution in [1.29, 1.82) is 0 Å². The topological polar surface area (TPSA) is 130 Å². The number of aliphatic hydroxyl groups excluding tert-OH is 1. The van der Waals surface area contributed by atoms with E-state index >= 15 is 0 Å². The van der Waals surface area contributed by atoms with E-state index < -0.39 is 48.4 Å². The lowest BCUT2D eigenvalue weighted by Gasteiger charge is -2.38. The second kappa shape index (κ2) is 11.2. The summed E-state index contributed by atoms with van der Waals surface area (Å²) in [6.07, 6.45) is -2.19. The highest BCUT2D eigenvalue weighted by Crippen LogP contribution is 2.35. The van der Waals surface area contributed by atoms with Gasteiger partial charge in [-0.1, -0.05) is 55.5 Å². The predicted octanol–water partition coefficient (Wildman–Crippen LogP) is 2.60. The van der Waals surface area contributed by atoms with Crippen LogP contribution in [0.2, 0.25) is 0 Å². The summed E-state index contributed by atoms with van der Waals surface area (Å²) in [6, 6.07) is 17.2. The van der Waals surface area contributed by atoms with E-state index in [0.29, 0.717) is 0 Å². The van der Waals surface area contributed by atoms with E-state index in [1.807, 2.05) is 30.3 Å². The first-order valence-corrected chi connectivity index (χ1v) is 9.70. The molecule has 0 saturated heterocycles. The van der Waals surface area contributed by atoms with Crippen LogP contribution in [0, 0.1) is 11.3 Å². The van der Waals surface area contributed by atoms with Gasteiger partial charge in [0.15, 0.2) is 0 Å². The fourth-order valence-corrected chi connectivity index (χ4v) is 3.17. The summed E-state index contributed by atoms with van der Waals surface area (Å²) in [5.74, 6) is -4.86. The number of hydrogen-bond donors (Lipinski definition) is 3. The average molecular weight is 430 g/mol. The van der Waals surface area contributed by atoms with Gasteiger partial charge in [0.05, 0.1) is 37.2 Å². The van der Waals surface area contributed by atoms with Crippen LogP contribution in [-0.4, -0.2) is 52.5 Å². The van der Waals surface area contributed by atoms with Crippen molar-refractivity contribution in [2.24, 2.45) is 11.3 Å². The monoisotopic (exact) mass is 430 g/mol. The molecule has 8 nitrogen and oxygen atoms in total. The third-order valence-electron chi connectivity index (χ3n) is 5.14. The minimum absolute atomic E-state index is 0.145. The quantitative estimate of drug-likeness (QED) is 0.438. The Labute approximate surface area is 180 Å². The van der Waals surface area contributed by atoms with Crippen molar-refractivity contribution in [2.75, 3.05) is 13.2 Å². The Kier molecular flexibility index (Phi) is 8.72. The van der Waals surface area contributed by atoms with Crippen LogP contribution in [0.25, 0.3) is 0 Å². The van der Waals surface area contributed by atoms with Crippen LogP contribution in [0.4, 0.5) is 0 Å². The zero-order valence-electron chi connectivity index (χ0n) is 17.1. The number of aliphatic carboxylic acids is 2. The summed E-state index contributed by atoms with van der Waals surface area (Å²) in [4.78, 5) is 35.3. The second-order valence-corrected chi connectivity index (χ2v) is 7.45. The van der Waals surface area contributed by atoms with Crippen LogP contribution >= 0.6 is 0 Å². The van der Waals surface area contributed by atoms with Crippen molar-refractivity contribution < 1.29 is 39.2 Å². The Bertz CT molecular complexity index is 868. The van der Waals surface area contributed by atoms with Gasteiger partial charge in [-0.15, -0.1) is 0 Å². The highest BCUT2D eigenvalue weighted by atomic mass is 16.5. The van der Waals surface area contributed by atoms with Gasteiger partial charge in [0.2, 0.25) is 0 Å². The van der Waals surface area contributed by atoms with Gasteiger partial charge >= 0.3 is 17.9 Å². The molecule has 2 aromatic rings. The summed E-state index contributed by atoms with van der Waals surface area (Å²) >= 11 is 0. The van der Waals surface area contributed by atoms with Crippen molar-refractivity contribution in [2.45, 2.75) is 26.1 Å². The van der Waals surface area contributed by atoms with Crippen molar-refractivity contribution in [3.8, 4) is 0 Å². The molecule has 0 saturated carbocycles. The molecular weight excluding hydrogens is 404 g/mol. The molecule has 0 heterocycles. The van der Waals surface area contributed by atoms with Crippen LogP contribution in [0.3, 0.4) is 0 Å². The fraction of sp³-hybridized carbons (Fsp3) is 0.348. The Morgan fingerprint density at radius 1 is 0.968 bits per heavy atom. The minimum atomic E-state index is -1.53. The number of hydrogen-bond acceptors (Lipinski definition) is 6. The first kappa shape index (κ1) is 24.0. The van der Waals surface area contributed by atoms with Crippen molar-refractivity contribution >= 4 is 17.9 Å². The number of benzene rings is 2. The van der Waals surface area contributed by atoms with Gasteiger partial charge in [-0.3, -0.25) is 9.59 Å². The Hall–Kier alpha value is -3.23. The van der Waals surface area contributed by atoms with Crippen LogP contribution in [-0.2, 0) is 25.7 Å². The van der Waals surface area contributed by atoms with Gasteiger partial charge < -0.3 is 24.8 Å². The van der Waals surface area contributed by atoms with Gasteiger partial charge in [-0.25, -0.2) is 4.79 Å². The zero-order chi connectivity index (χ0) is 22.9. The van der Waals surface area contributed by atoms with Crippen molar-refractivity contribution in [3.05, 3.63) is 71.8 Å². The molecular formula is C23H26O8. The van der Waals surface area contributed by atoms with Crippen LogP contribution < -0.4 is 0 Å². The molecule has 1 unspecified atom stereocenters. The maximum atomic E-state index is 12.2. The molecule has 166 valence electrons. The molecule has 0 bridgehead atoms. The van der Waals surface area contributed by atoms with E-state index in [-0.39, 0.29) is 18.8 Å². The van der Waals surface area contributed by atoms with Crippen molar-refractivity contribution in [3.63, 3.8) is 0 Å². The first-order valence-electron chi connectivity index (χ1n) is 9.70. The number of carboxylic acid groups (broad SMARTS) is 2. The predicted molar refractivity (Wildman–Crippen MR) is 110 cm³/mol. The third-order valence-corrected chi connectivity index (χ3v) is 5.14. The van der Waals surface area contributed by atoms with Gasteiger partial charge in [-0.05, 0) is 17.7 Å². The number of ether oxygens (including phenoxy) is 2. The Balaban J connectivity index is 2.14. The van der Waals surface area contributed by atoms with Gasteiger partial charge in [-0.2, -0.15) is 0 Å². The third kappa shape index (κ3) is 6.91. The first-order chi connectivity index (χ1) is 14.7. The molecule has 0 aliphatic heterocycles. The van der Waals surface area contributed by atoms with E-state index in [2.05, 4.69) is 0 Å². The molecule has 0 fully saturated rings. The molecule has 0 aromatic heterocycles. The molecule has 2 rings (SSSR count). The smallest absolute Gasteiger partial charge is 0.338 e. The maximum Gasteiger partial charge on any atom is 0.338 e. The Morgan fingerprint density at radius 3 is 2.10 bits per heavy atom. The second-order valence-electron chi connectivity index (χ2n) is 7.45. The SMILES string of the molecule is C[C@](COCc1ccccc1)(C(CC(=O)O)C(=O)O)[C@H](O)COC(=O)c1ccccc1. The summed E-state index contributed by atoms with van der Waals surface area (Å²) in [5.41, 5.74) is -0.423. The van der Waals surface area contributed by atoms with E-state index in [4.69, 9.17) is 9.47 Å². The maximum absolute atomic E-state index is 12.2. The largest absolute Gasteiger partial charge is 0.481 e. The highest BCUT2D eigenvalue weighted by molar-refractivity contribution is 5.89. The summed E-state index contributed by atoms with van der Waals surface area (Å²) in [5, 5.41) is 29.6. The van der Waals surface area contributed by atoms with Crippen molar-refractivity contribution in [1.82, 2.24) is 0 Å². The van der Waals surface area contributed by atoms with Crippen LogP contribution in [0.5, 0.6) is 0 Å². The van der Waals surface area contributed by atoms with E-state index in [1.54, 1.807) is 30.3 Å². The lowest BCUT2D eigenvalue weighted by Crippen LogP contribution is -2.49. The lowest BCUT2D eigenvalue weighted by molar-refractivity contribution is -0.164. The van der Waals surface area contributed by atoms with E-state index in [0.717, 1.165) is 5.56 Å². The fourth-order valence-electron chi connectivity index (χ4n) is 3.17. The number of esters is 1. The molecule has 0 aliphatic rings. The molecule has 0 aliphatic carbocycles. The number of carboxylic acids is 2. The summed E-state index contributed by atoms with van der Waals surface area (Å²) in [6.45, 7) is 0.797. The van der Waals surface area contributed by atoms with Gasteiger partial charge in [0, 0.05) is 5.41 Å². The molecule has 0 amide bonds. The molecule has 0 radical (unpaired) electrons. The average Bonchev–Trinajstić information content (AvgIpc) is 2.76. The molecule has 8 heteroatoms.